The van der Waals surface area contributed by atoms with Crippen molar-refractivity contribution in [2.75, 3.05) is 25.6 Å². The van der Waals surface area contributed by atoms with E-state index in [0.29, 0.717) is 11.4 Å². The maximum Gasteiger partial charge on any atom is 0.308 e. The second kappa shape index (κ2) is 8.86. The van der Waals surface area contributed by atoms with E-state index in [1.165, 1.54) is 12.0 Å². The van der Waals surface area contributed by atoms with E-state index in [9.17, 15) is 19.2 Å². The van der Waals surface area contributed by atoms with Gasteiger partial charge in [0.25, 0.3) is 5.91 Å². The van der Waals surface area contributed by atoms with Gasteiger partial charge in [-0.3, -0.25) is 24.1 Å². The van der Waals surface area contributed by atoms with Gasteiger partial charge in [-0.2, -0.15) is 0 Å². The number of benzene rings is 1. The van der Waals surface area contributed by atoms with E-state index in [4.69, 9.17) is 9.47 Å². The molecule has 2 fully saturated rings. The molecule has 1 heterocycles. The molecule has 0 spiro atoms. The zero-order valence-electron chi connectivity index (χ0n) is 15.8. The Hall–Kier alpha value is -2.90. The fourth-order valence-electron chi connectivity index (χ4n) is 3.81. The first-order chi connectivity index (χ1) is 13.5. The Kier molecular flexibility index (Phi) is 6.28. The van der Waals surface area contributed by atoms with Crippen LogP contribution in [0.5, 0.6) is 5.75 Å². The molecule has 1 aliphatic heterocycles. The number of imide groups is 1. The smallest absolute Gasteiger partial charge is 0.308 e. The van der Waals surface area contributed by atoms with E-state index in [-0.39, 0.29) is 36.6 Å². The summed E-state index contributed by atoms with van der Waals surface area (Å²) in [6.07, 6.45) is 3.26. The lowest BCUT2D eigenvalue weighted by Gasteiger charge is -2.19. The molecule has 150 valence electrons. The van der Waals surface area contributed by atoms with Crippen LogP contribution >= 0.6 is 0 Å². The van der Waals surface area contributed by atoms with Gasteiger partial charge in [0.05, 0.1) is 31.1 Å². The van der Waals surface area contributed by atoms with Crippen LogP contribution in [0.3, 0.4) is 0 Å². The largest absolute Gasteiger partial charge is 0.495 e. The van der Waals surface area contributed by atoms with Crippen LogP contribution in [0.2, 0.25) is 0 Å². The number of likely N-dealkylation sites (tertiary alicyclic amines) is 1. The number of fused-ring (bicyclic) bond motifs is 1. The lowest BCUT2D eigenvalue weighted by Crippen LogP contribution is -2.33. The minimum absolute atomic E-state index is 0.00235. The first-order valence-electron chi connectivity index (χ1n) is 9.45. The number of amides is 3. The third-order valence-corrected chi connectivity index (χ3v) is 5.22. The summed E-state index contributed by atoms with van der Waals surface area (Å²) in [5, 5.41) is 2.60. The fourth-order valence-corrected chi connectivity index (χ4v) is 3.81. The molecule has 2 aliphatic rings. The quantitative estimate of drug-likeness (QED) is 0.564. The van der Waals surface area contributed by atoms with Crippen molar-refractivity contribution in [1.29, 1.82) is 0 Å². The number of hydrogen-bond acceptors (Lipinski definition) is 6. The van der Waals surface area contributed by atoms with Gasteiger partial charge in [-0.15, -0.1) is 0 Å². The highest BCUT2D eigenvalue weighted by molar-refractivity contribution is 6.05. The first-order valence-corrected chi connectivity index (χ1v) is 9.45. The monoisotopic (exact) mass is 388 g/mol. The van der Waals surface area contributed by atoms with E-state index in [0.717, 1.165) is 25.7 Å². The minimum atomic E-state index is -0.634. The Morgan fingerprint density at radius 1 is 1.11 bits per heavy atom. The minimum Gasteiger partial charge on any atom is -0.495 e. The van der Waals surface area contributed by atoms with Crippen LogP contribution in [0.1, 0.15) is 32.1 Å². The summed E-state index contributed by atoms with van der Waals surface area (Å²) in [7, 11) is 1.49. The molecule has 1 aromatic carbocycles. The molecule has 0 radical (unpaired) electrons. The number of rotatable bonds is 7. The Balaban J connectivity index is 1.44. The van der Waals surface area contributed by atoms with Gasteiger partial charge in [0.15, 0.2) is 6.61 Å². The normalized spacial score (nSPS) is 21.2. The summed E-state index contributed by atoms with van der Waals surface area (Å²) in [6, 6.07) is 6.88. The maximum absolute atomic E-state index is 12.4. The standard InChI is InChI=1S/C20H24N2O6/c1-27-16-9-5-4-8-15(16)21-17(23)12-28-18(24)10-11-22-19(25)13-6-2-3-7-14(13)20(22)26/h4-5,8-9,13-14H,2-3,6-7,10-12H2,1H3,(H,21,23)/t13-,14-/m0/s1. The van der Waals surface area contributed by atoms with Crippen molar-refractivity contribution in [3.05, 3.63) is 24.3 Å². The van der Waals surface area contributed by atoms with Crippen LogP contribution in [0.25, 0.3) is 0 Å². The molecule has 1 N–H and O–H groups in total. The molecule has 3 rings (SSSR count). The lowest BCUT2D eigenvalue weighted by atomic mass is 9.81. The number of carbonyl (C=O) groups excluding carboxylic acids is 4. The number of nitrogens with one attached hydrogen (secondary N) is 1. The molecule has 1 aromatic rings. The summed E-state index contributed by atoms with van der Waals surface area (Å²) in [5.74, 6) is -1.47. The van der Waals surface area contributed by atoms with Crippen molar-refractivity contribution in [2.45, 2.75) is 32.1 Å². The Labute approximate surface area is 163 Å². The highest BCUT2D eigenvalue weighted by Crippen LogP contribution is 2.37. The number of esters is 1. The van der Waals surface area contributed by atoms with Crippen LogP contribution in [-0.4, -0.2) is 48.9 Å². The first kappa shape index (κ1) is 19.9. The number of anilines is 1. The second-order valence-corrected chi connectivity index (χ2v) is 6.98. The molecule has 0 aromatic heterocycles. The van der Waals surface area contributed by atoms with Crippen LogP contribution in [-0.2, 0) is 23.9 Å². The summed E-state index contributed by atoms with van der Waals surface area (Å²) in [5.41, 5.74) is 0.474. The topological polar surface area (TPSA) is 102 Å². The second-order valence-electron chi connectivity index (χ2n) is 6.98. The van der Waals surface area contributed by atoms with E-state index in [1.54, 1.807) is 24.3 Å². The zero-order chi connectivity index (χ0) is 20.1. The van der Waals surface area contributed by atoms with Crippen LogP contribution in [0.15, 0.2) is 24.3 Å². The number of carbonyl (C=O) groups is 4. The molecule has 1 saturated heterocycles. The molecule has 8 heteroatoms. The molecule has 0 bridgehead atoms. The lowest BCUT2D eigenvalue weighted by molar-refractivity contribution is -0.148. The van der Waals surface area contributed by atoms with Gasteiger partial charge >= 0.3 is 5.97 Å². The molecule has 1 saturated carbocycles. The summed E-state index contributed by atoms with van der Waals surface area (Å²) >= 11 is 0. The predicted molar refractivity (Wildman–Crippen MR) is 99.4 cm³/mol. The molecule has 3 amide bonds. The van der Waals surface area contributed by atoms with E-state index < -0.39 is 18.5 Å². The Morgan fingerprint density at radius 2 is 1.75 bits per heavy atom. The molecule has 0 unspecified atom stereocenters. The molecule has 2 atom stereocenters. The summed E-state index contributed by atoms with van der Waals surface area (Å²) < 4.78 is 10.1. The average Bonchev–Trinajstić information content (AvgIpc) is 2.95. The summed E-state index contributed by atoms with van der Waals surface area (Å²) in [6.45, 7) is -0.457. The van der Waals surface area contributed by atoms with Gasteiger partial charge in [0, 0.05) is 6.54 Å². The van der Waals surface area contributed by atoms with Gasteiger partial charge < -0.3 is 14.8 Å². The van der Waals surface area contributed by atoms with E-state index >= 15 is 0 Å². The molecule has 1 aliphatic carbocycles. The SMILES string of the molecule is COc1ccccc1NC(=O)COC(=O)CCN1C(=O)[C@H]2CCCC[C@@H]2C1=O. The predicted octanol–water partition coefficient (Wildman–Crippen LogP) is 1.74. The average molecular weight is 388 g/mol. The van der Waals surface area contributed by atoms with Crippen molar-refractivity contribution >= 4 is 29.4 Å². The van der Waals surface area contributed by atoms with E-state index in [1.807, 2.05) is 0 Å². The number of hydrogen-bond donors (Lipinski definition) is 1. The van der Waals surface area contributed by atoms with Crippen LogP contribution in [0.4, 0.5) is 5.69 Å². The fraction of sp³-hybridized carbons (Fsp3) is 0.500. The van der Waals surface area contributed by atoms with E-state index in [2.05, 4.69) is 5.32 Å². The van der Waals surface area contributed by atoms with Crippen molar-refractivity contribution in [2.24, 2.45) is 11.8 Å². The van der Waals surface area contributed by atoms with Gasteiger partial charge in [0.2, 0.25) is 11.8 Å². The number of para-hydroxylation sites is 2. The Bertz CT molecular complexity index is 754. The highest BCUT2D eigenvalue weighted by Gasteiger charge is 2.47. The number of methoxy groups -OCH3 is 1. The summed E-state index contributed by atoms with van der Waals surface area (Å²) in [4.78, 5) is 49.8. The maximum atomic E-state index is 12.4. The van der Waals surface area contributed by atoms with Crippen LogP contribution in [0, 0.1) is 11.8 Å². The third kappa shape index (κ3) is 4.32. The molecular formula is C20H24N2O6. The third-order valence-electron chi connectivity index (χ3n) is 5.22. The number of ether oxygens (including phenoxy) is 2. The van der Waals surface area contributed by atoms with Crippen molar-refractivity contribution in [1.82, 2.24) is 4.90 Å². The molecule has 28 heavy (non-hydrogen) atoms. The van der Waals surface area contributed by atoms with Gasteiger partial charge in [-0.05, 0) is 25.0 Å². The van der Waals surface area contributed by atoms with Crippen molar-refractivity contribution in [3.8, 4) is 5.75 Å². The highest BCUT2D eigenvalue weighted by atomic mass is 16.5. The Morgan fingerprint density at radius 3 is 2.39 bits per heavy atom. The van der Waals surface area contributed by atoms with Gasteiger partial charge in [-0.1, -0.05) is 25.0 Å². The zero-order valence-corrected chi connectivity index (χ0v) is 15.8. The van der Waals surface area contributed by atoms with Crippen molar-refractivity contribution in [3.63, 3.8) is 0 Å². The van der Waals surface area contributed by atoms with Gasteiger partial charge in [-0.25, -0.2) is 0 Å². The molecule has 8 nitrogen and oxygen atoms in total. The number of nitrogens with zero attached hydrogens (tertiary/aromatic N) is 1. The van der Waals surface area contributed by atoms with Crippen LogP contribution < -0.4 is 10.1 Å². The van der Waals surface area contributed by atoms with Gasteiger partial charge in [0.1, 0.15) is 5.75 Å². The van der Waals surface area contributed by atoms with Crippen molar-refractivity contribution < 1.29 is 28.7 Å². The molecular weight excluding hydrogens is 364 g/mol.